The normalized spacial score (nSPS) is 10.3. The number of aromatic nitrogens is 2. The Balaban J connectivity index is 2.31. The minimum atomic E-state index is 0.626. The summed E-state index contributed by atoms with van der Waals surface area (Å²) in [6.07, 6.45) is 1.62. The van der Waals surface area contributed by atoms with Gasteiger partial charge in [0.15, 0.2) is 0 Å². The minimum Gasteiger partial charge on any atom is -0.397 e. The van der Waals surface area contributed by atoms with Crippen LogP contribution < -0.4 is 11.1 Å². The zero-order valence-electron chi connectivity index (χ0n) is 9.66. The van der Waals surface area contributed by atoms with Crippen LogP contribution in [-0.2, 0) is 0 Å². The minimum absolute atomic E-state index is 0.626. The molecular formula is C12H13BrN4. The maximum atomic E-state index is 5.64. The van der Waals surface area contributed by atoms with Gasteiger partial charge in [0.2, 0.25) is 0 Å². The Labute approximate surface area is 108 Å². The second kappa shape index (κ2) is 4.71. The molecule has 4 nitrogen and oxygen atoms in total. The van der Waals surface area contributed by atoms with E-state index in [0.29, 0.717) is 5.69 Å². The predicted molar refractivity (Wildman–Crippen MR) is 73.3 cm³/mol. The zero-order valence-corrected chi connectivity index (χ0v) is 11.2. The fraction of sp³-hybridized carbons (Fsp3) is 0.167. The first-order chi connectivity index (χ1) is 8.06. The molecule has 0 unspecified atom stereocenters. The Hall–Kier alpha value is -1.62. The van der Waals surface area contributed by atoms with Crippen LogP contribution >= 0.6 is 15.9 Å². The SMILES string of the molecule is Cc1ccc(Nc2ncc(N)cc2Br)c(C)n1. The van der Waals surface area contributed by atoms with E-state index in [1.165, 1.54) is 0 Å². The summed E-state index contributed by atoms with van der Waals surface area (Å²) in [4.78, 5) is 8.61. The lowest BCUT2D eigenvalue weighted by atomic mass is 10.2. The summed E-state index contributed by atoms with van der Waals surface area (Å²) in [7, 11) is 0. The van der Waals surface area contributed by atoms with Crippen molar-refractivity contribution in [3.63, 3.8) is 0 Å². The summed E-state index contributed by atoms with van der Waals surface area (Å²) in [6, 6.07) is 5.76. The van der Waals surface area contributed by atoms with Crippen LogP contribution in [0.3, 0.4) is 0 Å². The molecular weight excluding hydrogens is 280 g/mol. The van der Waals surface area contributed by atoms with Crippen molar-refractivity contribution in [2.75, 3.05) is 11.1 Å². The molecule has 0 aliphatic carbocycles. The number of nitrogens with one attached hydrogen (secondary N) is 1. The van der Waals surface area contributed by atoms with Crippen molar-refractivity contribution in [2.45, 2.75) is 13.8 Å². The van der Waals surface area contributed by atoms with Gasteiger partial charge in [0.05, 0.1) is 27.7 Å². The Morgan fingerprint density at radius 1 is 1.29 bits per heavy atom. The molecule has 5 heteroatoms. The van der Waals surface area contributed by atoms with Crippen LogP contribution in [0.15, 0.2) is 28.9 Å². The van der Waals surface area contributed by atoms with Crippen LogP contribution in [-0.4, -0.2) is 9.97 Å². The van der Waals surface area contributed by atoms with E-state index in [9.17, 15) is 0 Å². The van der Waals surface area contributed by atoms with Gasteiger partial charge in [-0.3, -0.25) is 4.98 Å². The molecule has 0 amide bonds. The molecule has 2 rings (SSSR count). The molecule has 0 atom stereocenters. The summed E-state index contributed by atoms with van der Waals surface area (Å²) in [5.41, 5.74) is 9.14. The Morgan fingerprint density at radius 2 is 2.06 bits per heavy atom. The number of anilines is 3. The van der Waals surface area contributed by atoms with Crippen molar-refractivity contribution in [1.29, 1.82) is 0 Å². The number of halogens is 1. The van der Waals surface area contributed by atoms with Crippen LogP contribution in [0.1, 0.15) is 11.4 Å². The number of nitrogens with zero attached hydrogens (tertiary/aromatic N) is 2. The molecule has 2 aromatic heterocycles. The third kappa shape index (κ3) is 2.74. The standard InChI is InChI=1S/C12H13BrN4/c1-7-3-4-11(8(2)16-7)17-12-10(13)5-9(14)6-15-12/h3-6H,14H2,1-2H3,(H,15,17). The molecule has 88 valence electrons. The topological polar surface area (TPSA) is 63.8 Å². The number of hydrogen-bond donors (Lipinski definition) is 2. The van der Waals surface area contributed by atoms with Crippen LogP contribution in [0, 0.1) is 13.8 Å². The third-order valence-electron chi connectivity index (χ3n) is 2.34. The summed E-state index contributed by atoms with van der Waals surface area (Å²) in [5, 5.41) is 3.22. The van der Waals surface area contributed by atoms with Crippen LogP contribution in [0.25, 0.3) is 0 Å². The molecule has 0 spiro atoms. The monoisotopic (exact) mass is 292 g/mol. The van der Waals surface area contributed by atoms with Gasteiger partial charge in [-0.1, -0.05) is 0 Å². The van der Waals surface area contributed by atoms with Crippen LogP contribution in [0.2, 0.25) is 0 Å². The second-order valence-electron chi connectivity index (χ2n) is 3.81. The highest BCUT2D eigenvalue weighted by molar-refractivity contribution is 9.10. The van der Waals surface area contributed by atoms with Crippen molar-refractivity contribution in [1.82, 2.24) is 9.97 Å². The number of rotatable bonds is 2. The third-order valence-corrected chi connectivity index (χ3v) is 2.94. The second-order valence-corrected chi connectivity index (χ2v) is 4.66. The van der Waals surface area contributed by atoms with Gasteiger partial charge in [-0.25, -0.2) is 4.98 Å². The Kier molecular flexibility index (Phi) is 3.28. The summed E-state index contributed by atoms with van der Waals surface area (Å²) in [6.45, 7) is 3.93. The van der Waals surface area contributed by atoms with E-state index in [-0.39, 0.29) is 0 Å². The lowest BCUT2D eigenvalue weighted by molar-refractivity contribution is 1.12. The highest BCUT2D eigenvalue weighted by Crippen LogP contribution is 2.26. The van der Waals surface area contributed by atoms with Gasteiger partial charge >= 0.3 is 0 Å². The predicted octanol–water partition coefficient (Wildman–Crippen LogP) is 3.18. The van der Waals surface area contributed by atoms with Crippen molar-refractivity contribution < 1.29 is 0 Å². The fourth-order valence-corrected chi connectivity index (χ4v) is 1.96. The molecule has 0 bridgehead atoms. The van der Waals surface area contributed by atoms with Crippen molar-refractivity contribution in [2.24, 2.45) is 0 Å². The van der Waals surface area contributed by atoms with E-state index < -0.39 is 0 Å². The summed E-state index contributed by atoms with van der Waals surface area (Å²) >= 11 is 3.42. The van der Waals surface area contributed by atoms with E-state index in [1.54, 1.807) is 6.20 Å². The molecule has 17 heavy (non-hydrogen) atoms. The Bertz CT molecular complexity index is 505. The van der Waals surface area contributed by atoms with Gasteiger partial charge < -0.3 is 11.1 Å². The van der Waals surface area contributed by atoms with E-state index in [1.807, 2.05) is 32.0 Å². The Morgan fingerprint density at radius 3 is 2.71 bits per heavy atom. The fourth-order valence-electron chi connectivity index (χ4n) is 1.49. The number of nitrogen functional groups attached to an aromatic ring is 1. The first-order valence-corrected chi connectivity index (χ1v) is 5.98. The summed E-state index contributed by atoms with van der Waals surface area (Å²) < 4.78 is 0.831. The van der Waals surface area contributed by atoms with Gasteiger partial charge in [-0.15, -0.1) is 0 Å². The number of pyridine rings is 2. The molecule has 3 N–H and O–H groups in total. The number of nitrogens with two attached hydrogens (primary N) is 1. The van der Waals surface area contributed by atoms with Gasteiger partial charge in [0.25, 0.3) is 0 Å². The van der Waals surface area contributed by atoms with Gasteiger partial charge in [0, 0.05) is 5.69 Å². The smallest absolute Gasteiger partial charge is 0.144 e. The van der Waals surface area contributed by atoms with Crippen LogP contribution in [0.5, 0.6) is 0 Å². The lowest BCUT2D eigenvalue weighted by Crippen LogP contribution is -1.99. The van der Waals surface area contributed by atoms with Gasteiger partial charge in [-0.05, 0) is 48.0 Å². The molecule has 2 heterocycles. The number of hydrogen-bond acceptors (Lipinski definition) is 4. The quantitative estimate of drug-likeness (QED) is 0.892. The molecule has 0 saturated heterocycles. The van der Waals surface area contributed by atoms with E-state index in [0.717, 1.165) is 27.4 Å². The van der Waals surface area contributed by atoms with E-state index in [4.69, 9.17) is 5.73 Å². The highest BCUT2D eigenvalue weighted by Gasteiger charge is 2.05. The molecule has 0 fully saturated rings. The maximum absolute atomic E-state index is 5.64. The maximum Gasteiger partial charge on any atom is 0.144 e. The van der Waals surface area contributed by atoms with Crippen LogP contribution in [0.4, 0.5) is 17.2 Å². The molecule has 0 radical (unpaired) electrons. The molecule has 0 aromatic carbocycles. The summed E-state index contributed by atoms with van der Waals surface area (Å²) in [5.74, 6) is 0.730. The average molecular weight is 293 g/mol. The lowest BCUT2D eigenvalue weighted by Gasteiger charge is -2.10. The van der Waals surface area contributed by atoms with Crippen molar-refractivity contribution in [3.05, 3.63) is 40.3 Å². The van der Waals surface area contributed by atoms with Gasteiger partial charge in [0.1, 0.15) is 5.82 Å². The first-order valence-electron chi connectivity index (χ1n) is 5.18. The molecule has 0 saturated carbocycles. The zero-order chi connectivity index (χ0) is 12.4. The molecule has 0 aliphatic heterocycles. The largest absolute Gasteiger partial charge is 0.397 e. The van der Waals surface area contributed by atoms with Crippen molar-refractivity contribution in [3.8, 4) is 0 Å². The first kappa shape index (κ1) is 11.9. The average Bonchev–Trinajstić information content (AvgIpc) is 2.25. The number of aryl methyl sites for hydroxylation is 2. The van der Waals surface area contributed by atoms with Gasteiger partial charge in [-0.2, -0.15) is 0 Å². The van der Waals surface area contributed by atoms with Crippen molar-refractivity contribution >= 4 is 33.1 Å². The highest BCUT2D eigenvalue weighted by atomic mass is 79.9. The van der Waals surface area contributed by atoms with E-state index >= 15 is 0 Å². The van der Waals surface area contributed by atoms with E-state index in [2.05, 4.69) is 31.2 Å². The molecule has 2 aromatic rings. The molecule has 0 aliphatic rings.